The average molecular weight is 223 g/mol. The molecule has 0 spiro atoms. The number of nitrogens with zero attached hydrogens (tertiary/aromatic N) is 2. The lowest BCUT2D eigenvalue weighted by molar-refractivity contribution is 0.0897. The van der Waals surface area contributed by atoms with Gasteiger partial charge >= 0.3 is 11.8 Å². The highest BCUT2D eigenvalue weighted by atomic mass is 16.4. The Balaban J connectivity index is 1.90. The maximum absolute atomic E-state index is 11.7. The quantitative estimate of drug-likeness (QED) is 0.777. The number of hydrogen-bond acceptors (Lipinski definition) is 4. The lowest BCUT2D eigenvalue weighted by Gasteiger charge is -2.14. The zero-order valence-corrected chi connectivity index (χ0v) is 9.53. The summed E-state index contributed by atoms with van der Waals surface area (Å²) in [5.74, 6) is 0.250. The van der Waals surface area contributed by atoms with Crippen LogP contribution in [-0.2, 0) is 0 Å². The molecule has 5 nitrogen and oxygen atoms in total. The molecule has 2 rings (SSSR count). The largest absolute Gasteiger partial charge is 0.417 e. The Morgan fingerprint density at radius 1 is 1.25 bits per heavy atom. The van der Waals surface area contributed by atoms with Crippen molar-refractivity contribution in [2.24, 2.45) is 0 Å². The number of aryl methyl sites for hydroxylation is 1. The van der Waals surface area contributed by atoms with Gasteiger partial charge in [-0.1, -0.05) is 25.7 Å². The predicted octanol–water partition coefficient (Wildman–Crippen LogP) is 1.83. The first kappa shape index (κ1) is 11.1. The van der Waals surface area contributed by atoms with E-state index in [1.54, 1.807) is 6.92 Å². The number of amides is 1. The second kappa shape index (κ2) is 5.09. The SMILES string of the molecule is Cc1nnc(C(=O)NC2CCCCCC2)o1. The lowest BCUT2D eigenvalue weighted by Crippen LogP contribution is -2.34. The Kier molecular flexibility index (Phi) is 3.54. The maximum Gasteiger partial charge on any atom is 0.309 e. The third-order valence-corrected chi connectivity index (χ3v) is 2.91. The van der Waals surface area contributed by atoms with Crippen LogP contribution in [0.15, 0.2) is 4.42 Å². The van der Waals surface area contributed by atoms with Crippen molar-refractivity contribution in [2.45, 2.75) is 51.5 Å². The first-order valence-corrected chi connectivity index (χ1v) is 5.86. The summed E-state index contributed by atoms with van der Waals surface area (Å²) < 4.78 is 5.08. The molecule has 0 aliphatic heterocycles. The number of nitrogens with one attached hydrogen (secondary N) is 1. The molecule has 1 aromatic rings. The Bertz CT molecular complexity index is 354. The van der Waals surface area contributed by atoms with E-state index in [2.05, 4.69) is 15.5 Å². The zero-order valence-electron chi connectivity index (χ0n) is 9.53. The molecular weight excluding hydrogens is 206 g/mol. The number of carbonyl (C=O) groups is 1. The number of carbonyl (C=O) groups excluding carboxylic acids is 1. The van der Waals surface area contributed by atoms with Gasteiger partial charge in [0.05, 0.1) is 0 Å². The van der Waals surface area contributed by atoms with Crippen molar-refractivity contribution in [1.82, 2.24) is 15.5 Å². The van der Waals surface area contributed by atoms with E-state index in [0.29, 0.717) is 5.89 Å². The second-order valence-electron chi connectivity index (χ2n) is 4.29. The summed E-state index contributed by atoms with van der Waals surface area (Å²) in [6, 6.07) is 0.266. The van der Waals surface area contributed by atoms with E-state index in [1.165, 1.54) is 25.7 Å². The first-order valence-electron chi connectivity index (χ1n) is 5.86. The van der Waals surface area contributed by atoms with Crippen LogP contribution in [0.4, 0.5) is 0 Å². The highest BCUT2D eigenvalue weighted by Crippen LogP contribution is 2.17. The van der Waals surface area contributed by atoms with Gasteiger partial charge in [-0.15, -0.1) is 10.2 Å². The topological polar surface area (TPSA) is 68.0 Å². The highest BCUT2D eigenvalue weighted by Gasteiger charge is 2.19. The smallest absolute Gasteiger partial charge is 0.309 e. The minimum absolute atomic E-state index is 0.0711. The van der Waals surface area contributed by atoms with Crippen molar-refractivity contribution in [3.05, 3.63) is 11.8 Å². The molecule has 0 aromatic carbocycles. The van der Waals surface area contributed by atoms with Crippen LogP contribution in [0.1, 0.15) is 55.1 Å². The molecule has 1 saturated carbocycles. The van der Waals surface area contributed by atoms with Crippen LogP contribution in [0.3, 0.4) is 0 Å². The zero-order chi connectivity index (χ0) is 11.4. The lowest BCUT2D eigenvalue weighted by atomic mass is 10.1. The van der Waals surface area contributed by atoms with Gasteiger partial charge in [0.15, 0.2) is 0 Å². The van der Waals surface area contributed by atoms with Crippen LogP contribution in [-0.4, -0.2) is 22.1 Å². The molecule has 5 heteroatoms. The molecule has 1 aliphatic carbocycles. The van der Waals surface area contributed by atoms with E-state index < -0.39 is 0 Å². The van der Waals surface area contributed by atoms with Crippen LogP contribution >= 0.6 is 0 Å². The highest BCUT2D eigenvalue weighted by molar-refractivity contribution is 5.89. The molecule has 1 aromatic heterocycles. The van der Waals surface area contributed by atoms with E-state index in [4.69, 9.17) is 4.42 Å². The molecule has 0 radical (unpaired) electrons. The van der Waals surface area contributed by atoms with Gasteiger partial charge < -0.3 is 9.73 Å². The van der Waals surface area contributed by atoms with Crippen molar-refractivity contribution in [2.75, 3.05) is 0 Å². The molecule has 1 amide bonds. The van der Waals surface area contributed by atoms with Crippen molar-refractivity contribution in [1.29, 1.82) is 0 Å². The molecule has 1 fully saturated rings. The summed E-state index contributed by atoms with van der Waals surface area (Å²) in [6.45, 7) is 1.68. The van der Waals surface area contributed by atoms with E-state index in [9.17, 15) is 4.79 Å². The van der Waals surface area contributed by atoms with Crippen LogP contribution < -0.4 is 5.32 Å². The molecule has 0 saturated heterocycles. The fraction of sp³-hybridized carbons (Fsp3) is 0.727. The Morgan fingerprint density at radius 3 is 2.50 bits per heavy atom. The van der Waals surface area contributed by atoms with E-state index in [-0.39, 0.29) is 17.8 Å². The molecule has 88 valence electrons. The molecule has 0 unspecified atom stereocenters. The second-order valence-corrected chi connectivity index (χ2v) is 4.29. The van der Waals surface area contributed by atoms with Crippen LogP contribution in [0, 0.1) is 6.92 Å². The summed E-state index contributed by atoms with van der Waals surface area (Å²) in [4.78, 5) is 11.7. The predicted molar refractivity (Wildman–Crippen MR) is 58.0 cm³/mol. The summed E-state index contributed by atoms with van der Waals surface area (Å²) in [5, 5.41) is 10.3. The fourth-order valence-corrected chi connectivity index (χ4v) is 2.06. The van der Waals surface area contributed by atoms with E-state index >= 15 is 0 Å². The van der Waals surface area contributed by atoms with Gasteiger partial charge in [0.2, 0.25) is 5.89 Å². The van der Waals surface area contributed by atoms with Crippen molar-refractivity contribution >= 4 is 5.91 Å². The monoisotopic (exact) mass is 223 g/mol. The van der Waals surface area contributed by atoms with Crippen molar-refractivity contribution in [3.8, 4) is 0 Å². The van der Waals surface area contributed by atoms with E-state index in [0.717, 1.165) is 12.8 Å². The average Bonchev–Trinajstić information content (AvgIpc) is 2.54. The molecule has 0 atom stereocenters. The molecule has 1 aliphatic rings. The van der Waals surface area contributed by atoms with Crippen molar-refractivity contribution < 1.29 is 9.21 Å². The summed E-state index contributed by atoms with van der Waals surface area (Å²) >= 11 is 0. The molecule has 1 N–H and O–H groups in total. The van der Waals surface area contributed by atoms with Gasteiger partial charge in [-0.3, -0.25) is 4.79 Å². The minimum atomic E-state index is -0.243. The summed E-state index contributed by atoms with van der Waals surface area (Å²) in [6.07, 6.45) is 7.03. The first-order chi connectivity index (χ1) is 7.75. The van der Waals surface area contributed by atoms with Gasteiger partial charge in [-0.25, -0.2) is 0 Å². The fourth-order valence-electron chi connectivity index (χ4n) is 2.06. The molecule has 1 heterocycles. The molecular formula is C11H17N3O2. The summed E-state index contributed by atoms with van der Waals surface area (Å²) in [7, 11) is 0. The standard InChI is InChI=1S/C11H17N3O2/c1-8-13-14-11(16-8)10(15)12-9-6-4-2-3-5-7-9/h9H,2-7H2,1H3,(H,12,15). The third kappa shape index (κ3) is 2.81. The van der Waals surface area contributed by atoms with Crippen LogP contribution in [0.25, 0.3) is 0 Å². The molecule has 0 bridgehead atoms. The number of hydrogen-bond donors (Lipinski definition) is 1. The molecule has 16 heavy (non-hydrogen) atoms. The van der Waals surface area contributed by atoms with Gasteiger partial charge in [0.1, 0.15) is 0 Å². The van der Waals surface area contributed by atoms with Gasteiger partial charge in [0.25, 0.3) is 0 Å². The normalized spacial score (nSPS) is 18.1. The van der Waals surface area contributed by atoms with Gasteiger partial charge in [-0.2, -0.15) is 0 Å². The Hall–Kier alpha value is -1.39. The van der Waals surface area contributed by atoms with Crippen molar-refractivity contribution in [3.63, 3.8) is 0 Å². The van der Waals surface area contributed by atoms with Gasteiger partial charge in [-0.05, 0) is 12.8 Å². The van der Waals surface area contributed by atoms with Crippen LogP contribution in [0.5, 0.6) is 0 Å². The minimum Gasteiger partial charge on any atom is -0.417 e. The maximum atomic E-state index is 11.7. The third-order valence-electron chi connectivity index (χ3n) is 2.91. The number of rotatable bonds is 2. The number of aromatic nitrogens is 2. The summed E-state index contributed by atoms with van der Waals surface area (Å²) in [5.41, 5.74) is 0. The van der Waals surface area contributed by atoms with E-state index in [1.807, 2.05) is 0 Å². The van der Waals surface area contributed by atoms with Gasteiger partial charge in [0, 0.05) is 13.0 Å². The Morgan fingerprint density at radius 2 is 1.94 bits per heavy atom. The van der Waals surface area contributed by atoms with Crippen LogP contribution in [0.2, 0.25) is 0 Å². The Labute approximate surface area is 94.6 Å².